The van der Waals surface area contributed by atoms with Crippen LogP contribution in [0.5, 0.6) is 0 Å². The molecule has 0 aromatic heterocycles. The Hall–Kier alpha value is -0.200. The van der Waals surface area contributed by atoms with Crippen molar-refractivity contribution >= 4 is 0 Å². The molecule has 0 radical (unpaired) electrons. The van der Waals surface area contributed by atoms with Crippen LogP contribution in [0.1, 0.15) is 84.5 Å². The van der Waals surface area contributed by atoms with Gasteiger partial charge in [-0.25, -0.2) is 0 Å². The van der Waals surface area contributed by atoms with E-state index in [0.29, 0.717) is 13.0 Å². The molecule has 162 valence electrons. The lowest BCUT2D eigenvalue weighted by atomic mass is 10.1. The number of unbranched alkanes of at least 4 members (excludes halogenated alkanes) is 8. The molecule has 1 heterocycles. The first-order chi connectivity index (χ1) is 13.2. The van der Waals surface area contributed by atoms with Crippen molar-refractivity contribution in [3.63, 3.8) is 0 Å². The third-order valence-corrected chi connectivity index (χ3v) is 5.79. The first kappa shape index (κ1) is 24.8. The molecule has 27 heavy (non-hydrogen) atoms. The van der Waals surface area contributed by atoms with Crippen LogP contribution in [0.3, 0.4) is 0 Å². The van der Waals surface area contributed by atoms with Gasteiger partial charge in [0.05, 0.1) is 20.3 Å². The molecule has 0 aliphatic carbocycles. The Bertz CT molecular complexity index is 344. The number of nitrogens with zero attached hydrogens (tertiary/aromatic N) is 2. The molecule has 1 rings (SSSR count). The number of ether oxygens (including phenoxy) is 2. The molecular weight excluding hydrogens is 340 g/mol. The Morgan fingerprint density at radius 2 is 1.52 bits per heavy atom. The molecule has 0 spiro atoms. The number of quaternary nitrogens is 1. The highest BCUT2D eigenvalue weighted by atomic mass is 16.7. The standard InChI is InChI=1S/C22H47N2O3/c1-4-6-8-10-12-15-23(20-25)16-14-17-24(3)19-22(24)27-21-26-18-13-11-9-7-5-2/h22,25H,4-21H2,1-3H3/q+1. The van der Waals surface area contributed by atoms with Crippen molar-refractivity contribution in [1.82, 2.24) is 4.90 Å². The lowest BCUT2D eigenvalue weighted by Crippen LogP contribution is -2.32. The molecule has 1 aliphatic heterocycles. The Morgan fingerprint density at radius 1 is 0.889 bits per heavy atom. The zero-order chi connectivity index (χ0) is 19.8. The maximum absolute atomic E-state index is 9.54. The van der Waals surface area contributed by atoms with Gasteiger partial charge in [-0.1, -0.05) is 65.2 Å². The minimum atomic E-state index is 0.184. The van der Waals surface area contributed by atoms with Crippen LogP contribution in [0.2, 0.25) is 0 Å². The number of hydrogen-bond donors (Lipinski definition) is 1. The molecule has 5 heteroatoms. The van der Waals surface area contributed by atoms with Gasteiger partial charge in [0.2, 0.25) is 6.23 Å². The summed E-state index contributed by atoms with van der Waals surface area (Å²) in [5.74, 6) is 0. The molecular formula is C22H47N2O3+. The molecule has 5 nitrogen and oxygen atoms in total. The minimum Gasteiger partial charge on any atom is -0.381 e. The van der Waals surface area contributed by atoms with Crippen molar-refractivity contribution in [2.45, 2.75) is 90.7 Å². The molecule has 0 saturated carbocycles. The van der Waals surface area contributed by atoms with E-state index in [0.717, 1.165) is 50.1 Å². The molecule has 1 fully saturated rings. The van der Waals surface area contributed by atoms with E-state index >= 15 is 0 Å². The highest BCUT2D eigenvalue weighted by molar-refractivity contribution is 4.63. The van der Waals surface area contributed by atoms with Crippen LogP contribution in [0.15, 0.2) is 0 Å². The molecule has 0 aromatic rings. The molecule has 2 atom stereocenters. The first-order valence-corrected chi connectivity index (χ1v) is 11.5. The van der Waals surface area contributed by atoms with Gasteiger partial charge < -0.3 is 9.84 Å². The average molecular weight is 388 g/mol. The number of aliphatic hydroxyl groups excluding tert-OH is 1. The topological polar surface area (TPSA) is 41.9 Å². The summed E-state index contributed by atoms with van der Waals surface area (Å²) >= 11 is 0. The van der Waals surface area contributed by atoms with E-state index in [1.165, 1.54) is 57.8 Å². The summed E-state index contributed by atoms with van der Waals surface area (Å²) < 4.78 is 12.5. The number of aliphatic hydroxyl groups is 1. The molecule has 1 N–H and O–H groups in total. The van der Waals surface area contributed by atoms with Crippen LogP contribution >= 0.6 is 0 Å². The van der Waals surface area contributed by atoms with Crippen molar-refractivity contribution in [1.29, 1.82) is 0 Å². The molecule has 0 amide bonds. The van der Waals surface area contributed by atoms with E-state index in [-0.39, 0.29) is 6.73 Å². The molecule has 1 saturated heterocycles. The molecule has 2 unspecified atom stereocenters. The van der Waals surface area contributed by atoms with Gasteiger partial charge in [-0.05, 0) is 12.8 Å². The monoisotopic (exact) mass is 387 g/mol. The second-order valence-electron chi connectivity index (χ2n) is 8.47. The highest BCUT2D eigenvalue weighted by Gasteiger charge is 2.52. The maximum Gasteiger partial charge on any atom is 0.245 e. The normalized spacial score (nSPS) is 21.9. The predicted octanol–water partition coefficient (Wildman–Crippen LogP) is 4.35. The summed E-state index contributed by atoms with van der Waals surface area (Å²) in [7, 11) is 2.27. The van der Waals surface area contributed by atoms with Gasteiger partial charge in [0, 0.05) is 26.1 Å². The second-order valence-corrected chi connectivity index (χ2v) is 8.47. The highest BCUT2D eigenvalue weighted by Crippen LogP contribution is 2.29. The van der Waals surface area contributed by atoms with Gasteiger partial charge in [0.25, 0.3) is 0 Å². The smallest absolute Gasteiger partial charge is 0.245 e. The van der Waals surface area contributed by atoms with Gasteiger partial charge in [-0.3, -0.25) is 14.1 Å². The van der Waals surface area contributed by atoms with Gasteiger partial charge in [-0.15, -0.1) is 0 Å². The van der Waals surface area contributed by atoms with E-state index in [1.807, 2.05) is 0 Å². The van der Waals surface area contributed by atoms with Crippen LogP contribution < -0.4 is 0 Å². The van der Waals surface area contributed by atoms with Gasteiger partial charge in [0.1, 0.15) is 0 Å². The van der Waals surface area contributed by atoms with Crippen molar-refractivity contribution in [2.75, 3.05) is 53.4 Å². The third kappa shape index (κ3) is 12.1. The quantitative estimate of drug-likeness (QED) is 0.146. The van der Waals surface area contributed by atoms with Crippen LogP contribution in [0.4, 0.5) is 0 Å². The van der Waals surface area contributed by atoms with Crippen molar-refractivity contribution in [2.24, 2.45) is 0 Å². The summed E-state index contributed by atoms with van der Waals surface area (Å²) in [6.07, 6.45) is 14.2. The lowest BCUT2D eigenvalue weighted by Gasteiger charge is -2.21. The summed E-state index contributed by atoms with van der Waals surface area (Å²) in [5.41, 5.74) is 0. The number of rotatable bonds is 20. The summed E-state index contributed by atoms with van der Waals surface area (Å²) in [6.45, 7) is 10.2. The van der Waals surface area contributed by atoms with Crippen LogP contribution in [0.25, 0.3) is 0 Å². The Balaban J connectivity index is 1.97. The van der Waals surface area contributed by atoms with Crippen molar-refractivity contribution in [3.05, 3.63) is 0 Å². The van der Waals surface area contributed by atoms with E-state index in [2.05, 4.69) is 25.8 Å². The Labute approximate surface area is 168 Å². The zero-order valence-corrected chi connectivity index (χ0v) is 18.5. The van der Waals surface area contributed by atoms with Gasteiger partial charge >= 0.3 is 0 Å². The lowest BCUT2D eigenvalue weighted by molar-refractivity contribution is -0.808. The zero-order valence-electron chi connectivity index (χ0n) is 18.5. The summed E-state index contributed by atoms with van der Waals surface area (Å²) in [5, 5.41) is 9.54. The van der Waals surface area contributed by atoms with Crippen LogP contribution in [-0.2, 0) is 9.47 Å². The van der Waals surface area contributed by atoms with Crippen LogP contribution in [0, 0.1) is 0 Å². The molecule has 0 aromatic carbocycles. The largest absolute Gasteiger partial charge is 0.381 e. The maximum atomic E-state index is 9.54. The fourth-order valence-electron chi connectivity index (χ4n) is 3.62. The van der Waals surface area contributed by atoms with Gasteiger partial charge in [0.15, 0.2) is 13.3 Å². The van der Waals surface area contributed by atoms with Crippen LogP contribution in [-0.4, -0.2) is 74.1 Å². The third-order valence-electron chi connectivity index (χ3n) is 5.79. The molecule has 0 bridgehead atoms. The first-order valence-electron chi connectivity index (χ1n) is 11.5. The Kier molecular flexibility index (Phi) is 14.4. The second kappa shape index (κ2) is 15.7. The van der Waals surface area contributed by atoms with Crippen molar-refractivity contribution in [3.8, 4) is 0 Å². The minimum absolute atomic E-state index is 0.184. The van der Waals surface area contributed by atoms with E-state index < -0.39 is 0 Å². The SMILES string of the molecule is CCCCCCCOCOC1C[N+]1(C)CCCN(CO)CCCCCCC. The summed E-state index contributed by atoms with van der Waals surface area (Å²) in [4.78, 5) is 2.18. The van der Waals surface area contributed by atoms with E-state index in [9.17, 15) is 5.11 Å². The number of likely N-dealkylation sites (N-methyl/N-ethyl adjacent to an activating group) is 1. The van der Waals surface area contributed by atoms with E-state index in [1.54, 1.807) is 0 Å². The summed E-state index contributed by atoms with van der Waals surface area (Å²) in [6, 6.07) is 0. The average Bonchev–Trinajstić information content (AvgIpc) is 3.32. The van der Waals surface area contributed by atoms with E-state index in [4.69, 9.17) is 9.47 Å². The fourth-order valence-corrected chi connectivity index (χ4v) is 3.62. The predicted molar refractivity (Wildman–Crippen MR) is 112 cm³/mol. The number of hydrogen-bond acceptors (Lipinski definition) is 4. The molecule has 1 aliphatic rings. The fraction of sp³-hybridized carbons (Fsp3) is 1.00. The Morgan fingerprint density at radius 3 is 2.19 bits per heavy atom. The van der Waals surface area contributed by atoms with Crippen molar-refractivity contribution < 1.29 is 19.1 Å². The van der Waals surface area contributed by atoms with Gasteiger partial charge in [-0.2, -0.15) is 0 Å².